The van der Waals surface area contributed by atoms with Gasteiger partial charge in [0.15, 0.2) is 11.5 Å². The molecule has 0 radical (unpaired) electrons. The molecule has 0 spiro atoms. The number of carbonyl (C=O) groups excluding carboxylic acids is 2. The van der Waals surface area contributed by atoms with E-state index in [0.29, 0.717) is 24.6 Å². The molecule has 0 bridgehead atoms. The van der Waals surface area contributed by atoms with Gasteiger partial charge in [-0.15, -0.1) is 0 Å². The summed E-state index contributed by atoms with van der Waals surface area (Å²) in [5, 5.41) is 5.99. The van der Waals surface area contributed by atoms with E-state index in [1.165, 1.54) is 11.1 Å². The van der Waals surface area contributed by atoms with Crippen molar-refractivity contribution in [2.24, 2.45) is 0 Å². The summed E-state index contributed by atoms with van der Waals surface area (Å²) in [5.41, 5.74) is 4.65. The van der Waals surface area contributed by atoms with E-state index in [-0.39, 0.29) is 18.0 Å². The van der Waals surface area contributed by atoms with Gasteiger partial charge in [-0.2, -0.15) is 0 Å². The third-order valence-electron chi connectivity index (χ3n) is 6.42. The maximum absolute atomic E-state index is 12.9. The molecular formula is C25H31N3O4. The van der Waals surface area contributed by atoms with Gasteiger partial charge in [-0.1, -0.05) is 24.3 Å². The molecule has 0 saturated carbocycles. The van der Waals surface area contributed by atoms with Crippen molar-refractivity contribution in [2.45, 2.75) is 51.2 Å². The molecule has 0 saturated heterocycles. The fourth-order valence-electron chi connectivity index (χ4n) is 4.60. The first kappa shape index (κ1) is 22.0. The Morgan fingerprint density at radius 3 is 2.50 bits per heavy atom. The normalized spacial score (nSPS) is 18.1. The lowest BCUT2D eigenvalue weighted by Gasteiger charge is -2.31. The highest BCUT2D eigenvalue weighted by Crippen LogP contribution is 2.33. The average Bonchev–Trinajstić information content (AvgIpc) is 2.82. The Hall–Kier alpha value is -3.22. The molecule has 2 aromatic carbocycles. The van der Waals surface area contributed by atoms with Crippen LogP contribution in [0.3, 0.4) is 0 Å². The van der Waals surface area contributed by atoms with Gasteiger partial charge in [0, 0.05) is 13.1 Å². The minimum absolute atomic E-state index is 0.00360. The number of methoxy groups -OCH3 is 2. The smallest absolute Gasteiger partial charge is 0.318 e. The minimum atomic E-state index is -0.622. The first-order chi connectivity index (χ1) is 15.5. The Balaban J connectivity index is 1.37. The molecule has 1 heterocycles. The maximum atomic E-state index is 12.9. The Morgan fingerprint density at radius 1 is 1.03 bits per heavy atom. The summed E-state index contributed by atoms with van der Waals surface area (Å²) in [6.07, 6.45) is 3.73. The monoisotopic (exact) mass is 437 g/mol. The predicted molar refractivity (Wildman–Crippen MR) is 122 cm³/mol. The standard InChI is InChI=1S/C25H31N3O4/c1-16(24(29)27-21-10-6-8-17-7-4-5-9-20(17)21)26-25(30)28-12-11-18-13-22(31-2)23(32-3)14-19(18)15-28/h4-5,7,9,13-14,16,21H,6,8,10-12,15H2,1-3H3,(H,26,30)(H,27,29). The molecule has 2 unspecified atom stereocenters. The van der Waals surface area contributed by atoms with E-state index >= 15 is 0 Å². The van der Waals surface area contributed by atoms with Crippen molar-refractivity contribution in [1.82, 2.24) is 15.5 Å². The van der Waals surface area contributed by atoms with Crippen LogP contribution in [0.5, 0.6) is 11.5 Å². The van der Waals surface area contributed by atoms with Gasteiger partial charge in [0.05, 0.1) is 20.3 Å². The van der Waals surface area contributed by atoms with Gasteiger partial charge in [-0.3, -0.25) is 4.79 Å². The van der Waals surface area contributed by atoms with E-state index in [2.05, 4.69) is 22.8 Å². The van der Waals surface area contributed by atoms with Gasteiger partial charge in [0.25, 0.3) is 0 Å². The van der Waals surface area contributed by atoms with Crippen LogP contribution in [0.15, 0.2) is 36.4 Å². The fourth-order valence-corrected chi connectivity index (χ4v) is 4.60. The maximum Gasteiger partial charge on any atom is 0.318 e. The zero-order chi connectivity index (χ0) is 22.7. The third kappa shape index (κ3) is 4.52. The van der Waals surface area contributed by atoms with Crippen molar-refractivity contribution in [3.63, 3.8) is 0 Å². The van der Waals surface area contributed by atoms with Gasteiger partial charge in [-0.25, -0.2) is 4.79 Å². The van der Waals surface area contributed by atoms with Gasteiger partial charge in [0.1, 0.15) is 6.04 Å². The Labute approximate surface area is 189 Å². The molecule has 4 rings (SSSR count). The van der Waals surface area contributed by atoms with E-state index in [0.717, 1.165) is 36.8 Å². The molecule has 2 atom stereocenters. The van der Waals surface area contributed by atoms with Crippen LogP contribution in [0.4, 0.5) is 4.79 Å². The lowest BCUT2D eigenvalue weighted by atomic mass is 9.87. The first-order valence-electron chi connectivity index (χ1n) is 11.2. The number of benzene rings is 2. The molecule has 7 heteroatoms. The van der Waals surface area contributed by atoms with E-state index in [1.807, 2.05) is 24.3 Å². The molecular weight excluding hydrogens is 406 g/mol. The van der Waals surface area contributed by atoms with E-state index < -0.39 is 6.04 Å². The third-order valence-corrected chi connectivity index (χ3v) is 6.42. The van der Waals surface area contributed by atoms with Crippen molar-refractivity contribution in [2.75, 3.05) is 20.8 Å². The van der Waals surface area contributed by atoms with Crippen molar-refractivity contribution < 1.29 is 19.1 Å². The highest BCUT2D eigenvalue weighted by Gasteiger charge is 2.27. The van der Waals surface area contributed by atoms with Crippen molar-refractivity contribution >= 4 is 11.9 Å². The SMILES string of the molecule is COc1cc2c(cc1OC)CN(C(=O)NC(C)C(=O)NC1CCCc3ccccc31)CC2. The molecule has 2 N–H and O–H groups in total. The molecule has 32 heavy (non-hydrogen) atoms. The number of hydrogen-bond acceptors (Lipinski definition) is 4. The predicted octanol–water partition coefficient (Wildman–Crippen LogP) is 3.35. The quantitative estimate of drug-likeness (QED) is 0.752. The van der Waals surface area contributed by atoms with Gasteiger partial charge in [0.2, 0.25) is 5.91 Å². The van der Waals surface area contributed by atoms with Gasteiger partial charge < -0.3 is 25.0 Å². The average molecular weight is 438 g/mol. The number of aryl methyl sites for hydroxylation is 1. The number of ether oxygens (including phenoxy) is 2. The molecule has 1 aliphatic carbocycles. The second-order valence-corrected chi connectivity index (χ2v) is 8.47. The molecule has 0 fully saturated rings. The zero-order valence-corrected chi connectivity index (χ0v) is 18.9. The van der Waals surface area contributed by atoms with Gasteiger partial charge >= 0.3 is 6.03 Å². The molecule has 2 aliphatic rings. The number of urea groups is 1. The Kier molecular flexibility index (Phi) is 6.53. The second kappa shape index (κ2) is 9.51. The van der Waals surface area contributed by atoms with Crippen LogP contribution in [0.2, 0.25) is 0 Å². The van der Waals surface area contributed by atoms with Crippen molar-refractivity contribution in [1.29, 1.82) is 0 Å². The summed E-state index contributed by atoms with van der Waals surface area (Å²) in [6.45, 7) is 2.78. The Bertz CT molecular complexity index is 1010. The van der Waals surface area contributed by atoms with Crippen LogP contribution in [-0.4, -0.2) is 43.6 Å². The summed E-state index contributed by atoms with van der Waals surface area (Å²) < 4.78 is 10.8. The summed E-state index contributed by atoms with van der Waals surface area (Å²) in [4.78, 5) is 27.4. The highest BCUT2D eigenvalue weighted by atomic mass is 16.5. The Morgan fingerprint density at radius 2 is 1.75 bits per heavy atom. The summed E-state index contributed by atoms with van der Waals surface area (Å²) in [7, 11) is 3.22. The van der Waals surface area contributed by atoms with Gasteiger partial charge in [-0.05, 0) is 67.0 Å². The number of rotatable bonds is 5. The molecule has 3 amide bonds. The zero-order valence-electron chi connectivity index (χ0n) is 18.9. The summed E-state index contributed by atoms with van der Waals surface area (Å²) in [6, 6.07) is 11.3. The molecule has 0 aromatic heterocycles. The summed E-state index contributed by atoms with van der Waals surface area (Å²) in [5.74, 6) is 1.18. The molecule has 2 aromatic rings. The number of amides is 3. The molecule has 7 nitrogen and oxygen atoms in total. The lowest BCUT2D eigenvalue weighted by Crippen LogP contribution is -2.51. The van der Waals surface area contributed by atoms with Crippen molar-refractivity contribution in [3.05, 3.63) is 58.7 Å². The van der Waals surface area contributed by atoms with Crippen molar-refractivity contribution in [3.8, 4) is 11.5 Å². The summed E-state index contributed by atoms with van der Waals surface area (Å²) >= 11 is 0. The fraction of sp³-hybridized carbons (Fsp3) is 0.440. The van der Waals surface area contributed by atoms with Crippen LogP contribution >= 0.6 is 0 Å². The molecule has 1 aliphatic heterocycles. The van der Waals surface area contributed by atoms with E-state index in [4.69, 9.17) is 9.47 Å². The van der Waals surface area contributed by atoms with E-state index in [9.17, 15) is 9.59 Å². The number of nitrogens with one attached hydrogen (secondary N) is 2. The number of hydrogen-bond donors (Lipinski definition) is 2. The number of carbonyl (C=O) groups is 2. The van der Waals surface area contributed by atoms with Crippen LogP contribution in [0.25, 0.3) is 0 Å². The lowest BCUT2D eigenvalue weighted by molar-refractivity contribution is -0.123. The van der Waals surface area contributed by atoms with Crippen LogP contribution in [0, 0.1) is 0 Å². The second-order valence-electron chi connectivity index (χ2n) is 8.47. The number of nitrogens with zero attached hydrogens (tertiary/aromatic N) is 1. The number of fused-ring (bicyclic) bond motifs is 2. The van der Waals surface area contributed by atoms with Crippen LogP contribution in [0.1, 0.15) is 48.1 Å². The topological polar surface area (TPSA) is 79.9 Å². The van der Waals surface area contributed by atoms with Crippen LogP contribution in [-0.2, 0) is 24.2 Å². The van der Waals surface area contributed by atoms with Crippen LogP contribution < -0.4 is 20.1 Å². The minimum Gasteiger partial charge on any atom is -0.493 e. The molecule has 170 valence electrons. The largest absolute Gasteiger partial charge is 0.493 e. The highest BCUT2D eigenvalue weighted by molar-refractivity contribution is 5.87. The van der Waals surface area contributed by atoms with E-state index in [1.54, 1.807) is 26.0 Å². The first-order valence-corrected chi connectivity index (χ1v) is 11.2.